The number of rotatable bonds is 4. The first kappa shape index (κ1) is 20.3. The van der Waals surface area contributed by atoms with E-state index in [1.807, 2.05) is 24.8 Å². The number of amides is 1. The van der Waals surface area contributed by atoms with Crippen LogP contribution >= 0.6 is 0 Å². The van der Waals surface area contributed by atoms with Crippen LogP contribution in [0.1, 0.15) is 39.5 Å². The van der Waals surface area contributed by atoms with Gasteiger partial charge >= 0.3 is 0 Å². The molecule has 1 aliphatic heterocycles. The van der Waals surface area contributed by atoms with Crippen molar-refractivity contribution in [3.8, 4) is 11.3 Å². The van der Waals surface area contributed by atoms with Gasteiger partial charge in [-0.1, -0.05) is 29.8 Å². The predicted molar refractivity (Wildman–Crippen MR) is 116 cm³/mol. The molecule has 3 aromatic rings. The SMILES string of the molecule is Cc1ccc(-c2ccc(CN3CCCN(C(=O)c4c(C)ncnc4C)CC3)o2)cc1. The summed E-state index contributed by atoms with van der Waals surface area (Å²) in [7, 11) is 0. The van der Waals surface area contributed by atoms with Gasteiger partial charge in [-0.05, 0) is 39.3 Å². The van der Waals surface area contributed by atoms with Gasteiger partial charge in [0.15, 0.2) is 0 Å². The van der Waals surface area contributed by atoms with Crippen LogP contribution in [0.4, 0.5) is 0 Å². The number of hydrogen-bond acceptors (Lipinski definition) is 5. The van der Waals surface area contributed by atoms with Crippen LogP contribution in [-0.4, -0.2) is 51.9 Å². The molecule has 156 valence electrons. The number of aryl methyl sites for hydroxylation is 3. The number of hydrogen-bond donors (Lipinski definition) is 0. The fourth-order valence-corrected chi connectivity index (χ4v) is 3.95. The maximum absolute atomic E-state index is 13.1. The smallest absolute Gasteiger partial charge is 0.257 e. The van der Waals surface area contributed by atoms with E-state index in [9.17, 15) is 4.79 Å². The van der Waals surface area contributed by atoms with E-state index >= 15 is 0 Å². The van der Waals surface area contributed by atoms with E-state index in [0.717, 1.165) is 61.1 Å². The Bertz CT molecular complexity index is 1010. The molecular formula is C24H28N4O2. The second-order valence-electron chi connectivity index (χ2n) is 7.97. The fraction of sp³-hybridized carbons (Fsp3) is 0.375. The first-order valence-corrected chi connectivity index (χ1v) is 10.5. The lowest BCUT2D eigenvalue weighted by molar-refractivity contribution is 0.0758. The molecule has 0 atom stereocenters. The van der Waals surface area contributed by atoms with Crippen LogP contribution in [0, 0.1) is 20.8 Å². The number of carbonyl (C=O) groups excluding carboxylic acids is 1. The quantitative estimate of drug-likeness (QED) is 0.657. The lowest BCUT2D eigenvalue weighted by Gasteiger charge is -2.22. The Morgan fingerprint density at radius 2 is 1.67 bits per heavy atom. The van der Waals surface area contributed by atoms with Crippen LogP contribution in [0.3, 0.4) is 0 Å². The van der Waals surface area contributed by atoms with Crippen LogP contribution < -0.4 is 0 Å². The lowest BCUT2D eigenvalue weighted by atomic mass is 10.1. The highest BCUT2D eigenvalue weighted by atomic mass is 16.3. The maximum atomic E-state index is 13.1. The molecule has 0 aliphatic carbocycles. The van der Waals surface area contributed by atoms with Gasteiger partial charge in [0.2, 0.25) is 0 Å². The molecule has 4 rings (SSSR count). The lowest BCUT2D eigenvalue weighted by Crippen LogP contribution is -2.36. The van der Waals surface area contributed by atoms with E-state index in [2.05, 4.69) is 52.1 Å². The first-order chi connectivity index (χ1) is 14.5. The molecule has 6 heteroatoms. The summed E-state index contributed by atoms with van der Waals surface area (Å²) in [6.07, 6.45) is 2.45. The molecular weight excluding hydrogens is 376 g/mol. The number of furan rings is 1. The van der Waals surface area contributed by atoms with Crippen molar-refractivity contribution in [3.63, 3.8) is 0 Å². The number of benzene rings is 1. The van der Waals surface area contributed by atoms with Crippen molar-refractivity contribution in [2.75, 3.05) is 26.2 Å². The van der Waals surface area contributed by atoms with Gasteiger partial charge in [-0.25, -0.2) is 9.97 Å². The molecule has 30 heavy (non-hydrogen) atoms. The summed E-state index contributed by atoms with van der Waals surface area (Å²) >= 11 is 0. The van der Waals surface area contributed by atoms with E-state index in [1.165, 1.54) is 11.9 Å². The highest BCUT2D eigenvalue weighted by molar-refractivity contribution is 5.96. The van der Waals surface area contributed by atoms with Gasteiger partial charge in [0, 0.05) is 31.7 Å². The van der Waals surface area contributed by atoms with Crippen molar-refractivity contribution in [2.45, 2.75) is 33.7 Å². The molecule has 2 aromatic heterocycles. The standard InChI is InChI=1S/C24H28N4O2/c1-17-5-7-20(8-6-17)22-10-9-21(30-22)15-27-11-4-12-28(14-13-27)24(29)23-18(2)25-16-26-19(23)3/h5-10,16H,4,11-15H2,1-3H3. The minimum Gasteiger partial charge on any atom is -0.460 e. The summed E-state index contributed by atoms with van der Waals surface area (Å²) in [6, 6.07) is 12.5. The van der Waals surface area contributed by atoms with Crippen molar-refractivity contribution in [3.05, 3.63) is 71.0 Å². The van der Waals surface area contributed by atoms with E-state index in [-0.39, 0.29) is 5.91 Å². The van der Waals surface area contributed by atoms with Gasteiger partial charge in [0.05, 0.1) is 23.5 Å². The van der Waals surface area contributed by atoms with Gasteiger partial charge < -0.3 is 9.32 Å². The molecule has 0 bridgehead atoms. The normalized spacial score (nSPS) is 15.2. The van der Waals surface area contributed by atoms with Crippen LogP contribution in [0.2, 0.25) is 0 Å². The van der Waals surface area contributed by atoms with Crippen molar-refractivity contribution in [2.24, 2.45) is 0 Å². The Balaban J connectivity index is 1.39. The minimum absolute atomic E-state index is 0.0344. The summed E-state index contributed by atoms with van der Waals surface area (Å²) in [5, 5.41) is 0. The topological polar surface area (TPSA) is 62.5 Å². The van der Waals surface area contributed by atoms with Crippen LogP contribution in [0.5, 0.6) is 0 Å². The maximum Gasteiger partial charge on any atom is 0.257 e. The molecule has 1 amide bonds. The minimum atomic E-state index is 0.0344. The molecule has 1 aliphatic rings. The van der Waals surface area contributed by atoms with Gasteiger partial charge in [-0.15, -0.1) is 0 Å². The molecule has 0 saturated carbocycles. The van der Waals surface area contributed by atoms with Gasteiger partial charge in [0.1, 0.15) is 17.8 Å². The Morgan fingerprint density at radius 1 is 0.933 bits per heavy atom. The van der Waals surface area contributed by atoms with E-state index in [1.54, 1.807) is 0 Å². The highest BCUT2D eigenvalue weighted by Gasteiger charge is 2.24. The molecule has 1 saturated heterocycles. The Morgan fingerprint density at radius 3 is 2.40 bits per heavy atom. The van der Waals surface area contributed by atoms with Crippen molar-refractivity contribution < 1.29 is 9.21 Å². The highest BCUT2D eigenvalue weighted by Crippen LogP contribution is 2.24. The third kappa shape index (κ3) is 4.44. The Hall–Kier alpha value is -2.99. The zero-order chi connectivity index (χ0) is 21.1. The third-order valence-corrected chi connectivity index (χ3v) is 5.69. The third-order valence-electron chi connectivity index (χ3n) is 5.69. The van der Waals surface area contributed by atoms with Gasteiger partial charge in [-0.3, -0.25) is 9.69 Å². The van der Waals surface area contributed by atoms with E-state index in [0.29, 0.717) is 12.1 Å². The molecule has 0 N–H and O–H groups in total. The number of carbonyl (C=O) groups is 1. The van der Waals surface area contributed by atoms with Crippen molar-refractivity contribution in [1.29, 1.82) is 0 Å². The summed E-state index contributed by atoms with van der Waals surface area (Å²) < 4.78 is 6.09. The zero-order valence-corrected chi connectivity index (χ0v) is 17.9. The second-order valence-corrected chi connectivity index (χ2v) is 7.97. The Kier molecular flexibility index (Phi) is 5.95. The first-order valence-electron chi connectivity index (χ1n) is 10.5. The largest absolute Gasteiger partial charge is 0.460 e. The predicted octanol–water partition coefficient (Wildman–Crippen LogP) is 4.01. The van der Waals surface area contributed by atoms with E-state index in [4.69, 9.17) is 4.42 Å². The summed E-state index contributed by atoms with van der Waals surface area (Å²) in [5.41, 5.74) is 4.46. The molecule has 1 aromatic carbocycles. The molecule has 3 heterocycles. The number of nitrogens with zero attached hydrogens (tertiary/aromatic N) is 4. The molecule has 6 nitrogen and oxygen atoms in total. The average Bonchev–Trinajstić information content (AvgIpc) is 3.06. The monoisotopic (exact) mass is 404 g/mol. The zero-order valence-electron chi connectivity index (χ0n) is 17.9. The van der Waals surface area contributed by atoms with E-state index < -0.39 is 0 Å². The van der Waals surface area contributed by atoms with Crippen LogP contribution in [0.15, 0.2) is 47.1 Å². The molecule has 0 unspecified atom stereocenters. The molecule has 1 fully saturated rings. The Labute approximate surface area is 177 Å². The number of aromatic nitrogens is 2. The second kappa shape index (κ2) is 8.79. The molecule has 0 radical (unpaired) electrons. The van der Waals surface area contributed by atoms with Crippen LogP contribution in [0.25, 0.3) is 11.3 Å². The molecule has 0 spiro atoms. The fourth-order valence-electron chi connectivity index (χ4n) is 3.95. The van der Waals surface area contributed by atoms with Gasteiger partial charge in [0.25, 0.3) is 5.91 Å². The van der Waals surface area contributed by atoms with Gasteiger partial charge in [-0.2, -0.15) is 0 Å². The van der Waals surface area contributed by atoms with Crippen molar-refractivity contribution >= 4 is 5.91 Å². The van der Waals surface area contributed by atoms with Crippen molar-refractivity contribution in [1.82, 2.24) is 19.8 Å². The average molecular weight is 405 g/mol. The summed E-state index contributed by atoms with van der Waals surface area (Å²) in [4.78, 5) is 25.7. The van der Waals surface area contributed by atoms with Crippen LogP contribution in [-0.2, 0) is 6.54 Å². The summed E-state index contributed by atoms with van der Waals surface area (Å²) in [5.74, 6) is 1.88. The summed E-state index contributed by atoms with van der Waals surface area (Å²) in [6.45, 7) is 9.77.